The van der Waals surface area contributed by atoms with Gasteiger partial charge in [-0.15, -0.1) is 0 Å². The summed E-state index contributed by atoms with van der Waals surface area (Å²) in [5.74, 6) is -1.22. The van der Waals surface area contributed by atoms with Gasteiger partial charge in [0, 0.05) is 24.1 Å². The van der Waals surface area contributed by atoms with Gasteiger partial charge in [-0.25, -0.2) is 0 Å². The normalized spacial score (nSPS) is 13.6. The van der Waals surface area contributed by atoms with Gasteiger partial charge in [0.2, 0.25) is 17.7 Å². The summed E-state index contributed by atoms with van der Waals surface area (Å²) < 4.78 is 0. The lowest BCUT2D eigenvalue weighted by Crippen LogP contribution is -2.33. The van der Waals surface area contributed by atoms with E-state index in [1.807, 2.05) is 32.9 Å². The molecule has 0 atom stereocenters. The van der Waals surface area contributed by atoms with Crippen LogP contribution in [0, 0.1) is 20.8 Å². The number of amides is 4. The zero-order valence-electron chi connectivity index (χ0n) is 16.7. The highest BCUT2D eigenvalue weighted by atomic mass is 16.2. The van der Waals surface area contributed by atoms with Gasteiger partial charge in [0.15, 0.2) is 0 Å². The molecule has 0 spiro atoms. The maximum Gasteiger partial charge on any atom is 0.251 e. The Kier molecular flexibility index (Phi) is 5.77. The Morgan fingerprint density at radius 3 is 2.03 bits per heavy atom. The topological polar surface area (TPSA) is 95.6 Å². The minimum atomic E-state index is -0.414. The van der Waals surface area contributed by atoms with Gasteiger partial charge in [-0.3, -0.25) is 24.1 Å². The lowest BCUT2D eigenvalue weighted by molar-refractivity contribution is -0.121. The highest BCUT2D eigenvalue weighted by Crippen LogP contribution is 2.23. The Labute approximate surface area is 169 Å². The van der Waals surface area contributed by atoms with Crippen molar-refractivity contribution in [1.29, 1.82) is 0 Å². The lowest BCUT2D eigenvalue weighted by Gasteiger charge is -2.14. The number of nitrogens with one attached hydrogen (secondary N) is 2. The highest BCUT2D eigenvalue weighted by molar-refractivity contribution is 6.19. The van der Waals surface area contributed by atoms with Crippen LogP contribution in [0.25, 0.3) is 0 Å². The van der Waals surface area contributed by atoms with E-state index in [1.165, 1.54) is 12.1 Å². The SMILES string of the molecule is Cc1cc(C)c(NC(=O)CNC(=O)c2ccc(N3C(=O)CCC3=O)cc2)c(C)c1. The minimum Gasteiger partial charge on any atom is -0.343 e. The number of benzene rings is 2. The molecule has 1 aliphatic heterocycles. The van der Waals surface area contributed by atoms with Crippen LogP contribution in [-0.2, 0) is 14.4 Å². The Balaban J connectivity index is 1.59. The Morgan fingerprint density at radius 2 is 1.48 bits per heavy atom. The fourth-order valence-corrected chi connectivity index (χ4v) is 3.45. The molecular formula is C22H23N3O4. The molecule has 0 aromatic heterocycles. The van der Waals surface area contributed by atoms with Crippen LogP contribution in [-0.4, -0.2) is 30.2 Å². The number of anilines is 2. The molecule has 0 radical (unpaired) electrons. The summed E-state index contributed by atoms with van der Waals surface area (Å²) in [5.41, 5.74) is 4.57. The molecule has 2 aromatic carbocycles. The zero-order chi connectivity index (χ0) is 21.1. The molecule has 2 aromatic rings. The summed E-state index contributed by atoms with van der Waals surface area (Å²) in [6.45, 7) is 5.67. The van der Waals surface area contributed by atoms with Crippen molar-refractivity contribution in [2.45, 2.75) is 33.6 Å². The van der Waals surface area contributed by atoms with Gasteiger partial charge >= 0.3 is 0 Å². The first kappa shape index (κ1) is 20.3. The van der Waals surface area contributed by atoms with Crippen LogP contribution < -0.4 is 15.5 Å². The third-order valence-electron chi connectivity index (χ3n) is 4.79. The van der Waals surface area contributed by atoms with Gasteiger partial charge in [0.25, 0.3) is 5.91 Å². The van der Waals surface area contributed by atoms with Gasteiger partial charge in [0.05, 0.1) is 12.2 Å². The summed E-state index contributed by atoms with van der Waals surface area (Å²) in [7, 11) is 0. The molecule has 0 unspecified atom stereocenters. The van der Waals surface area contributed by atoms with E-state index in [0.29, 0.717) is 11.3 Å². The quantitative estimate of drug-likeness (QED) is 0.764. The van der Waals surface area contributed by atoms with Crippen LogP contribution in [0.15, 0.2) is 36.4 Å². The number of nitrogens with zero attached hydrogens (tertiary/aromatic N) is 1. The van der Waals surface area contributed by atoms with Gasteiger partial charge in [-0.05, 0) is 56.2 Å². The zero-order valence-corrected chi connectivity index (χ0v) is 16.7. The van der Waals surface area contributed by atoms with Crippen molar-refractivity contribution >= 4 is 35.0 Å². The Hall–Kier alpha value is -3.48. The predicted octanol–water partition coefficient (Wildman–Crippen LogP) is 2.63. The molecule has 0 saturated carbocycles. The maximum atomic E-state index is 12.3. The van der Waals surface area contributed by atoms with E-state index >= 15 is 0 Å². The number of carbonyl (C=O) groups is 4. The standard InChI is InChI=1S/C22H23N3O4/c1-13-10-14(2)21(15(3)11-13)24-18(26)12-23-22(29)16-4-6-17(7-5-16)25-19(27)8-9-20(25)28/h4-7,10-11H,8-9,12H2,1-3H3,(H,23,29)(H,24,26). The predicted molar refractivity (Wildman–Crippen MR) is 110 cm³/mol. The fourth-order valence-electron chi connectivity index (χ4n) is 3.45. The molecule has 1 heterocycles. The molecule has 150 valence electrons. The van der Waals surface area contributed by atoms with Crippen LogP contribution in [0.4, 0.5) is 11.4 Å². The minimum absolute atomic E-state index is 0.170. The summed E-state index contributed by atoms with van der Waals surface area (Å²) in [5, 5.41) is 5.41. The highest BCUT2D eigenvalue weighted by Gasteiger charge is 2.30. The first-order valence-electron chi connectivity index (χ1n) is 9.38. The third-order valence-corrected chi connectivity index (χ3v) is 4.79. The maximum absolute atomic E-state index is 12.3. The van der Waals surface area contributed by atoms with Crippen molar-refractivity contribution in [2.24, 2.45) is 0 Å². The van der Waals surface area contributed by atoms with Gasteiger partial charge < -0.3 is 10.6 Å². The largest absolute Gasteiger partial charge is 0.343 e. The number of imide groups is 1. The van der Waals surface area contributed by atoms with Crippen LogP contribution >= 0.6 is 0 Å². The smallest absolute Gasteiger partial charge is 0.251 e. The first-order chi connectivity index (χ1) is 13.8. The van der Waals surface area contributed by atoms with E-state index in [1.54, 1.807) is 12.1 Å². The van der Waals surface area contributed by atoms with Crippen molar-refractivity contribution < 1.29 is 19.2 Å². The molecule has 1 fully saturated rings. The van der Waals surface area contributed by atoms with Crippen LogP contribution in [0.2, 0.25) is 0 Å². The van der Waals surface area contributed by atoms with E-state index in [-0.39, 0.29) is 37.1 Å². The summed E-state index contributed by atoms with van der Waals surface area (Å²) >= 11 is 0. The molecular weight excluding hydrogens is 370 g/mol. The number of hydrogen-bond acceptors (Lipinski definition) is 4. The molecule has 7 nitrogen and oxygen atoms in total. The Morgan fingerprint density at radius 1 is 0.931 bits per heavy atom. The van der Waals surface area contributed by atoms with Crippen molar-refractivity contribution in [1.82, 2.24) is 5.32 Å². The molecule has 29 heavy (non-hydrogen) atoms. The molecule has 0 bridgehead atoms. The molecule has 3 rings (SSSR count). The Bertz CT molecular complexity index is 957. The van der Waals surface area contributed by atoms with Crippen molar-refractivity contribution in [3.05, 3.63) is 58.7 Å². The second-order valence-corrected chi connectivity index (χ2v) is 7.17. The second kappa shape index (κ2) is 8.26. The molecule has 7 heteroatoms. The van der Waals surface area contributed by atoms with Gasteiger partial charge in [-0.1, -0.05) is 17.7 Å². The number of carbonyl (C=O) groups excluding carboxylic acids is 4. The van der Waals surface area contributed by atoms with Gasteiger partial charge in [-0.2, -0.15) is 0 Å². The number of rotatable bonds is 5. The van der Waals surface area contributed by atoms with E-state index in [2.05, 4.69) is 10.6 Å². The number of hydrogen-bond donors (Lipinski definition) is 2. The van der Waals surface area contributed by atoms with E-state index in [4.69, 9.17) is 0 Å². The van der Waals surface area contributed by atoms with Crippen LogP contribution in [0.5, 0.6) is 0 Å². The summed E-state index contributed by atoms with van der Waals surface area (Å²) in [6.07, 6.45) is 0.409. The van der Waals surface area contributed by atoms with Crippen molar-refractivity contribution in [2.75, 3.05) is 16.8 Å². The average molecular weight is 393 g/mol. The average Bonchev–Trinajstić information content (AvgIpc) is 3.01. The summed E-state index contributed by atoms with van der Waals surface area (Å²) in [6, 6.07) is 10.1. The fraction of sp³-hybridized carbons (Fsp3) is 0.273. The molecule has 2 N–H and O–H groups in total. The monoisotopic (exact) mass is 393 g/mol. The van der Waals surface area contributed by atoms with Crippen LogP contribution in [0.1, 0.15) is 39.9 Å². The number of aryl methyl sites for hydroxylation is 3. The molecule has 1 saturated heterocycles. The van der Waals surface area contributed by atoms with Crippen molar-refractivity contribution in [3.8, 4) is 0 Å². The molecule has 1 aliphatic rings. The third kappa shape index (κ3) is 4.51. The first-order valence-corrected chi connectivity index (χ1v) is 9.38. The van der Waals surface area contributed by atoms with E-state index in [9.17, 15) is 19.2 Å². The van der Waals surface area contributed by atoms with Crippen LogP contribution in [0.3, 0.4) is 0 Å². The molecule has 4 amide bonds. The second-order valence-electron chi connectivity index (χ2n) is 7.17. The van der Waals surface area contributed by atoms with E-state index in [0.717, 1.165) is 27.3 Å². The summed E-state index contributed by atoms with van der Waals surface area (Å²) in [4.78, 5) is 49.2. The lowest BCUT2D eigenvalue weighted by atomic mass is 10.1. The van der Waals surface area contributed by atoms with Crippen molar-refractivity contribution in [3.63, 3.8) is 0 Å². The van der Waals surface area contributed by atoms with E-state index < -0.39 is 5.91 Å². The van der Waals surface area contributed by atoms with Gasteiger partial charge in [0.1, 0.15) is 0 Å². The molecule has 0 aliphatic carbocycles.